The zero-order valence-corrected chi connectivity index (χ0v) is 16.0. The first-order chi connectivity index (χ1) is 13.7. The van der Waals surface area contributed by atoms with Crippen LogP contribution in [0.1, 0.15) is 44.8 Å². The van der Waals surface area contributed by atoms with Crippen molar-refractivity contribution in [3.63, 3.8) is 0 Å². The molecule has 1 aliphatic carbocycles. The third-order valence-electron chi connectivity index (χ3n) is 4.71. The predicted molar refractivity (Wildman–Crippen MR) is 90.7 cm³/mol. The molecular formula is C17H20F8N4O. The molecule has 2 rings (SSSR count). The van der Waals surface area contributed by atoms with Crippen molar-refractivity contribution >= 4 is 11.5 Å². The van der Waals surface area contributed by atoms with E-state index in [1.165, 1.54) is 0 Å². The molecule has 0 aliphatic heterocycles. The van der Waals surface area contributed by atoms with E-state index in [-0.39, 0.29) is 30.7 Å². The molecule has 0 amide bonds. The Balaban J connectivity index is 2.39. The van der Waals surface area contributed by atoms with Gasteiger partial charge in [-0.2, -0.15) is 36.3 Å². The van der Waals surface area contributed by atoms with Crippen LogP contribution in [0.3, 0.4) is 0 Å². The number of anilines is 1. The number of rotatable bonds is 6. The van der Waals surface area contributed by atoms with Gasteiger partial charge in [-0.05, 0) is 26.2 Å². The van der Waals surface area contributed by atoms with E-state index < -0.39 is 60.6 Å². The van der Waals surface area contributed by atoms with Gasteiger partial charge in [0.05, 0.1) is 5.92 Å². The molecule has 0 saturated carbocycles. The maximum atomic E-state index is 14.3. The molecule has 13 heteroatoms. The van der Waals surface area contributed by atoms with Crippen LogP contribution in [0.15, 0.2) is 5.83 Å². The topological polar surface area (TPSA) is 70.9 Å². The number of nitrogens with one attached hydrogen (secondary N) is 1. The van der Waals surface area contributed by atoms with E-state index in [4.69, 9.17) is 0 Å². The maximum absolute atomic E-state index is 14.3. The Kier molecular flexibility index (Phi) is 7.25. The Labute approximate surface area is 166 Å². The van der Waals surface area contributed by atoms with Gasteiger partial charge in [0.2, 0.25) is 5.95 Å². The molecule has 0 bridgehead atoms. The highest BCUT2D eigenvalue weighted by Crippen LogP contribution is 2.34. The molecule has 0 radical (unpaired) electrons. The van der Waals surface area contributed by atoms with Gasteiger partial charge < -0.3 is 10.4 Å². The van der Waals surface area contributed by atoms with Gasteiger partial charge in [0.15, 0.2) is 5.82 Å². The fourth-order valence-corrected chi connectivity index (χ4v) is 2.63. The number of halogens is 8. The van der Waals surface area contributed by atoms with Crippen LogP contribution in [0.4, 0.5) is 41.1 Å². The van der Waals surface area contributed by atoms with Gasteiger partial charge >= 0.3 is 12.4 Å². The highest BCUT2D eigenvalue weighted by molar-refractivity contribution is 5.64. The van der Waals surface area contributed by atoms with Crippen LogP contribution < -0.4 is 5.32 Å². The van der Waals surface area contributed by atoms with E-state index in [0.717, 1.165) is 13.8 Å². The average molecular weight is 448 g/mol. The van der Waals surface area contributed by atoms with Crippen LogP contribution in [-0.4, -0.2) is 50.7 Å². The van der Waals surface area contributed by atoms with Gasteiger partial charge in [0.25, 0.3) is 0 Å². The van der Waals surface area contributed by atoms with Crippen LogP contribution in [-0.2, 0) is 6.42 Å². The Hall–Kier alpha value is -2.05. The van der Waals surface area contributed by atoms with E-state index in [9.17, 15) is 40.2 Å². The second-order valence-electron chi connectivity index (χ2n) is 7.11. The zero-order chi connectivity index (χ0) is 22.9. The maximum Gasteiger partial charge on any atom is 0.408 e. The molecule has 4 atom stereocenters. The molecule has 0 fully saturated rings. The summed E-state index contributed by atoms with van der Waals surface area (Å²) in [7, 11) is 0. The van der Waals surface area contributed by atoms with Gasteiger partial charge in [0, 0.05) is 12.0 Å². The van der Waals surface area contributed by atoms with Gasteiger partial charge in [-0.3, -0.25) is 0 Å². The third kappa shape index (κ3) is 5.99. The van der Waals surface area contributed by atoms with Crippen molar-refractivity contribution in [2.24, 2.45) is 5.92 Å². The number of aromatic nitrogens is 3. The van der Waals surface area contributed by atoms with Crippen molar-refractivity contribution in [2.45, 2.75) is 70.2 Å². The number of hydrogen-bond acceptors (Lipinski definition) is 5. The highest BCUT2D eigenvalue weighted by Gasteiger charge is 2.38. The van der Waals surface area contributed by atoms with Crippen LogP contribution in [0.25, 0.3) is 5.57 Å². The monoisotopic (exact) mass is 448 g/mol. The fourth-order valence-electron chi connectivity index (χ4n) is 2.63. The van der Waals surface area contributed by atoms with Crippen molar-refractivity contribution < 1.29 is 40.2 Å². The van der Waals surface area contributed by atoms with Crippen LogP contribution in [0.5, 0.6) is 0 Å². The van der Waals surface area contributed by atoms with E-state index >= 15 is 0 Å². The minimum Gasteiger partial charge on any atom is -0.383 e. The molecule has 5 nitrogen and oxygen atoms in total. The van der Waals surface area contributed by atoms with E-state index in [1.807, 2.05) is 5.32 Å². The van der Waals surface area contributed by atoms with Crippen molar-refractivity contribution in [1.29, 1.82) is 0 Å². The summed E-state index contributed by atoms with van der Waals surface area (Å²) < 4.78 is 104. The molecule has 1 aromatic rings. The van der Waals surface area contributed by atoms with Crippen LogP contribution >= 0.6 is 0 Å². The summed E-state index contributed by atoms with van der Waals surface area (Å²) in [5.74, 6) is -4.37. The van der Waals surface area contributed by atoms with Crippen molar-refractivity contribution in [1.82, 2.24) is 15.0 Å². The smallest absolute Gasteiger partial charge is 0.383 e. The lowest BCUT2D eigenvalue weighted by Crippen LogP contribution is -2.34. The first-order valence-corrected chi connectivity index (χ1v) is 9.06. The minimum absolute atomic E-state index is 0.249. The van der Waals surface area contributed by atoms with Gasteiger partial charge in [0.1, 0.15) is 30.0 Å². The van der Waals surface area contributed by atoms with E-state index in [0.29, 0.717) is 0 Å². The summed E-state index contributed by atoms with van der Waals surface area (Å²) in [5, 5.41) is 11.5. The summed E-state index contributed by atoms with van der Waals surface area (Å²) in [6, 6.07) is -2.11. The number of aliphatic hydroxyl groups is 1. The van der Waals surface area contributed by atoms with Gasteiger partial charge in [-0.1, -0.05) is 6.92 Å². The third-order valence-corrected chi connectivity index (χ3v) is 4.71. The lowest BCUT2D eigenvalue weighted by Gasteiger charge is -2.23. The first kappa shape index (κ1) is 24.2. The summed E-state index contributed by atoms with van der Waals surface area (Å²) in [6.45, 7) is 1.70. The first-order valence-electron chi connectivity index (χ1n) is 9.06. The van der Waals surface area contributed by atoms with Crippen molar-refractivity contribution in [3.05, 3.63) is 17.5 Å². The minimum atomic E-state index is -4.68. The second kappa shape index (κ2) is 8.98. The molecule has 1 aromatic heterocycles. The molecule has 170 valence electrons. The normalized spacial score (nSPS) is 22.8. The summed E-state index contributed by atoms with van der Waals surface area (Å²) in [5.41, 5.74) is -0.327. The molecule has 1 aliphatic rings. The summed E-state index contributed by atoms with van der Waals surface area (Å²) in [6.07, 6.45) is -14.5. The second-order valence-corrected chi connectivity index (χ2v) is 7.11. The molecular weight excluding hydrogens is 428 g/mol. The number of allylic oxidation sites excluding steroid dienone is 1. The van der Waals surface area contributed by atoms with Crippen LogP contribution in [0.2, 0.25) is 0 Å². The Morgan fingerprint density at radius 1 is 1.07 bits per heavy atom. The standard InChI is InChI=1S/C17H20F8N4O/c1-7(16(20,21)22)3-6-11-27-14(9-4-5-10(18)13(30)12(9)19)29-15(28-11)26-8(2)17(23,24)25/h7-8,10,13,30H,3-6H2,1-2H3,(H,26,27,28,29)/t7-,8+,10?,13?/m0/s1. The number of alkyl halides is 7. The van der Waals surface area contributed by atoms with Crippen molar-refractivity contribution in [3.8, 4) is 0 Å². The Bertz CT molecular complexity index is 780. The molecule has 0 saturated heterocycles. The SMILES string of the molecule is C[C@@H](CCc1nc(N[C@H](C)C(F)(F)F)nc(C2=C(F)C(O)C(F)CC2)n1)C(F)(F)F. The number of nitrogens with zero attached hydrogens (tertiary/aromatic N) is 3. The number of aryl methyl sites for hydroxylation is 1. The Morgan fingerprint density at radius 3 is 2.27 bits per heavy atom. The number of aliphatic hydroxyl groups excluding tert-OH is 1. The molecule has 0 aromatic carbocycles. The quantitative estimate of drug-likeness (QED) is 0.626. The average Bonchev–Trinajstić information content (AvgIpc) is 2.62. The van der Waals surface area contributed by atoms with Gasteiger partial charge in [-0.25, -0.2) is 13.8 Å². The molecule has 2 N–H and O–H groups in total. The van der Waals surface area contributed by atoms with E-state index in [2.05, 4.69) is 15.0 Å². The highest BCUT2D eigenvalue weighted by atomic mass is 19.4. The fraction of sp³-hybridized carbons (Fsp3) is 0.706. The number of hydrogen-bond donors (Lipinski definition) is 2. The lowest BCUT2D eigenvalue weighted by molar-refractivity contribution is -0.171. The summed E-state index contributed by atoms with van der Waals surface area (Å²) >= 11 is 0. The molecule has 2 unspecified atom stereocenters. The lowest BCUT2D eigenvalue weighted by atomic mass is 9.94. The summed E-state index contributed by atoms with van der Waals surface area (Å²) in [4.78, 5) is 11.3. The Morgan fingerprint density at radius 2 is 1.70 bits per heavy atom. The zero-order valence-electron chi connectivity index (χ0n) is 16.0. The molecule has 0 spiro atoms. The molecule has 30 heavy (non-hydrogen) atoms. The van der Waals surface area contributed by atoms with E-state index in [1.54, 1.807) is 0 Å². The van der Waals surface area contributed by atoms with Crippen molar-refractivity contribution in [2.75, 3.05) is 5.32 Å². The van der Waals surface area contributed by atoms with Gasteiger partial charge in [-0.15, -0.1) is 0 Å². The largest absolute Gasteiger partial charge is 0.408 e. The van der Waals surface area contributed by atoms with Crippen LogP contribution in [0, 0.1) is 5.92 Å². The molecule has 1 heterocycles. The predicted octanol–water partition coefficient (Wildman–Crippen LogP) is 4.54.